The smallest absolute Gasteiger partial charge is 0.315 e. The lowest BCUT2D eigenvalue weighted by Gasteiger charge is -2.40. The van der Waals surface area contributed by atoms with Crippen molar-refractivity contribution in [1.29, 1.82) is 0 Å². The Kier molecular flexibility index (Phi) is 5.07. The summed E-state index contributed by atoms with van der Waals surface area (Å²) >= 11 is 0. The number of nitrogens with one attached hydrogen (secondary N) is 2. The van der Waals surface area contributed by atoms with Gasteiger partial charge in [0.15, 0.2) is 0 Å². The van der Waals surface area contributed by atoms with Gasteiger partial charge in [-0.15, -0.1) is 0 Å². The van der Waals surface area contributed by atoms with Gasteiger partial charge in [0.05, 0.1) is 6.04 Å². The Hall–Kier alpha value is -2.86. The van der Waals surface area contributed by atoms with E-state index in [4.69, 9.17) is 0 Å². The summed E-state index contributed by atoms with van der Waals surface area (Å²) in [6.07, 6.45) is 0. The molecule has 0 radical (unpaired) electrons. The van der Waals surface area contributed by atoms with E-state index in [2.05, 4.69) is 64.1 Å². The fraction of sp³-hybridized carbons (Fsp3) is 0.333. The highest BCUT2D eigenvalue weighted by Crippen LogP contribution is 2.29. The van der Waals surface area contributed by atoms with Crippen LogP contribution < -0.4 is 10.6 Å². The molecule has 6 nitrogen and oxygen atoms in total. The minimum Gasteiger partial charge on any atom is -0.338 e. The lowest BCUT2D eigenvalue weighted by Crippen LogP contribution is -2.54. The number of hydrogen-bond acceptors (Lipinski definition) is 3. The lowest BCUT2D eigenvalue weighted by atomic mass is 9.96. The van der Waals surface area contributed by atoms with E-state index in [9.17, 15) is 9.59 Å². The predicted octanol–water partition coefficient (Wildman–Crippen LogP) is 1.60. The molecule has 2 aromatic carbocycles. The van der Waals surface area contributed by atoms with Gasteiger partial charge in [-0.25, -0.2) is 4.79 Å². The summed E-state index contributed by atoms with van der Waals surface area (Å²) in [4.78, 5) is 28.2. The van der Waals surface area contributed by atoms with Crippen molar-refractivity contribution in [3.63, 3.8) is 0 Å². The summed E-state index contributed by atoms with van der Waals surface area (Å²) in [6, 6.07) is 20.5. The zero-order chi connectivity index (χ0) is 18.6. The van der Waals surface area contributed by atoms with Crippen LogP contribution >= 0.6 is 0 Å². The first-order chi connectivity index (χ1) is 13.2. The second-order valence-corrected chi connectivity index (χ2v) is 6.99. The molecule has 2 fully saturated rings. The fourth-order valence-electron chi connectivity index (χ4n) is 3.91. The van der Waals surface area contributed by atoms with Gasteiger partial charge in [0.2, 0.25) is 5.91 Å². The van der Waals surface area contributed by atoms with Crippen molar-refractivity contribution in [2.24, 2.45) is 0 Å². The van der Waals surface area contributed by atoms with E-state index >= 15 is 0 Å². The second-order valence-electron chi connectivity index (χ2n) is 6.99. The largest absolute Gasteiger partial charge is 0.338 e. The van der Waals surface area contributed by atoms with Crippen molar-refractivity contribution in [2.75, 3.05) is 32.7 Å². The molecule has 0 saturated carbocycles. The number of rotatable bonds is 4. The summed E-state index contributed by atoms with van der Waals surface area (Å²) in [7, 11) is 0. The van der Waals surface area contributed by atoms with Crippen LogP contribution in [0.5, 0.6) is 0 Å². The highest BCUT2D eigenvalue weighted by Gasteiger charge is 2.33. The zero-order valence-electron chi connectivity index (χ0n) is 15.2. The van der Waals surface area contributed by atoms with E-state index in [0.29, 0.717) is 19.6 Å². The van der Waals surface area contributed by atoms with E-state index in [0.717, 1.165) is 13.1 Å². The molecule has 0 spiro atoms. The Bertz CT molecular complexity index is 749. The molecule has 2 heterocycles. The van der Waals surface area contributed by atoms with Gasteiger partial charge >= 0.3 is 6.03 Å². The van der Waals surface area contributed by atoms with E-state index in [1.54, 1.807) is 0 Å². The van der Waals surface area contributed by atoms with Gasteiger partial charge in [0.25, 0.3) is 0 Å². The van der Waals surface area contributed by atoms with Crippen molar-refractivity contribution >= 4 is 11.9 Å². The van der Waals surface area contributed by atoms with E-state index in [1.807, 2.05) is 17.0 Å². The van der Waals surface area contributed by atoms with Crippen LogP contribution in [0, 0.1) is 0 Å². The number of nitrogens with zero attached hydrogens (tertiary/aromatic N) is 2. The highest BCUT2D eigenvalue weighted by atomic mass is 16.2. The van der Waals surface area contributed by atoms with Crippen molar-refractivity contribution < 1.29 is 9.59 Å². The van der Waals surface area contributed by atoms with E-state index in [1.165, 1.54) is 11.1 Å². The molecule has 0 unspecified atom stereocenters. The molecule has 27 heavy (non-hydrogen) atoms. The maximum absolute atomic E-state index is 12.6. The van der Waals surface area contributed by atoms with Gasteiger partial charge in [-0.05, 0) is 11.1 Å². The summed E-state index contributed by atoms with van der Waals surface area (Å²) < 4.78 is 0. The maximum Gasteiger partial charge on any atom is 0.315 e. The minimum absolute atomic E-state index is 0.00368. The van der Waals surface area contributed by atoms with Crippen molar-refractivity contribution in [3.8, 4) is 0 Å². The predicted molar refractivity (Wildman–Crippen MR) is 103 cm³/mol. The summed E-state index contributed by atoms with van der Waals surface area (Å²) in [5.41, 5.74) is 2.52. The second kappa shape index (κ2) is 7.80. The molecule has 3 amide bonds. The third-order valence-corrected chi connectivity index (χ3v) is 5.29. The lowest BCUT2D eigenvalue weighted by molar-refractivity contribution is -0.134. The number of amides is 3. The van der Waals surface area contributed by atoms with Gasteiger partial charge in [-0.1, -0.05) is 60.7 Å². The topological polar surface area (TPSA) is 64.7 Å². The molecule has 2 aromatic rings. The molecule has 2 aliphatic rings. The molecular weight excluding hydrogens is 340 g/mol. The Morgan fingerprint density at radius 2 is 1.44 bits per heavy atom. The summed E-state index contributed by atoms with van der Waals surface area (Å²) in [5, 5.41) is 5.33. The molecule has 2 aliphatic heterocycles. The molecule has 0 aromatic heterocycles. The van der Waals surface area contributed by atoms with Crippen LogP contribution in [0.25, 0.3) is 0 Å². The molecule has 2 N–H and O–H groups in total. The monoisotopic (exact) mass is 364 g/mol. The highest BCUT2D eigenvalue weighted by molar-refractivity contribution is 5.90. The quantitative estimate of drug-likeness (QED) is 0.866. The molecule has 0 aliphatic carbocycles. The Morgan fingerprint density at radius 3 is 1.93 bits per heavy atom. The fourth-order valence-corrected chi connectivity index (χ4v) is 3.91. The van der Waals surface area contributed by atoms with Gasteiger partial charge in [-0.2, -0.15) is 0 Å². The summed E-state index contributed by atoms with van der Waals surface area (Å²) in [6.45, 7) is 3.31. The number of hydrogen-bond donors (Lipinski definition) is 2. The van der Waals surface area contributed by atoms with Crippen LogP contribution in [-0.2, 0) is 4.79 Å². The van der Waals surface area contributed by atoms with Crippen LogP contribution in [0.1, 0.15) is 17.2 Å². The van der Waals surface area contributed by atoms with Gasteiger partial charge < -0.3 is 15.5 Å². The van der Waals surface area contributed by atoms with Crippen LogP contribution in [0.15, 0.2) is 60.7 Å². The average molecular weight is 364 g/mol. The summed E-state index contributed by atoms with van der Waals surface area (Å²) in [5.74, 6) is 0.00368. The van der Waals surface area contributed by atoms with Crippen molar-refractivity contribution in [1.82, 2.24) is 20.4 Å². The third kappa shape index (κ3) is 3.80. The van der Waals surface area contributed by atoms with Crippen LogP contribution in [0.2, 0.25) is 0 Å². The Balaban J connectivity index is 1.47. The first kappa shape index (κ1) is 17.5. The molecule has 0 bridgehead atoms. The SMILES string of the molecule is O=C1NC[C@H](C(=O)N2CCN(C(c3ccccc3)c3ccccc3)CC2)N1. The zero-order valence-corrected chi connectivity index (χ0v) is 15.2. The Labute approximate surface area is 159 Å². The molecule has 140 valence electrons. The van der Waals surface area contributed by atoms with Crippen molar-refractivity contribution in [2.45, 2.75) is 12.1 Å². The first-order valence-corrected chi connectivity index (χ1v) is 9.39. The number of carbonyl (C=O) groups excluding carboxylic acids is 2. The third-order valence-electron chi connectivity index (χ3n) is 5.29. The molecular formula is C21H24N4O2. The van der Waals surface area contributed by atoms with E-state index < -0.39 is 6.04 Å². The minimum atomic E-state index is -0.442. The number of carbonyl (C=O) groups is 2. The van der Waals surface area contributed by atoms with Crippen LogP contribution in [-0.4, -0.2) is 60.5 Å². The number of urea groups is 1. The van der Waals surface area contributed by atoms with E-state index in [-0.39, 0.29) is 18.0 Å². The number of piperazine rings is 1. The molecule has 6 heteroatoms. The normalized spacial score (nSPS) is 20.4. The molecule has 2 saturated heterocycles. The van der Waals surface area contributed by atoms with Gasteiger partial charge in [0.1, 0.15) is 6.04 Å². The molecule has 4 rings (SSSR count). The van der Waals surface area contributed by atoms with Crippen LogP contribution in [0.4, 0.5) is 4.79 Å². The average Bonchev–Trinajstić information content (AvgIpc) is 3.16. The standard InChI is InChI=1S/C21H24N4O2/c26-20(18-15-22-21(27)23-18)25-13-11-24(12-14-25)19(16-7-3-1-4-8-16)17-9-5-2-6-10-17/h1-10,18-19H,11-15H2,(H2,22,23,27)/t18-/m1/s1. The van der Waals surface area contributed by atoms with Crippen LogP contribution in [0.3, 0.4) is 0 Å². The first-order valence-electron chi connectivity index (χ1n) is 9.39. The number of benzene rings is 2. The van der Waals surface area contributed by atoms with Crippen molar-refractivity contribution in [3.05, 3.63) is 71.8 Å². The van der Waals surface area contributed by atoms with Gasteiger partial charge in [0, 0.05) is 32.7 Å². The van der Waals surface area contributed by atoms with Gasteiger partial charge in [-0.3, -0.25) is 9.69 Å². The maximum atomic E-state index is 12.6. The Morgan fingerprint density at radius 1 is 0.889 bits per heavy atom. The molecule has 1 atom stereocenters.